The first-order valence-corrected chi connectivity index (χ1v) is 47.7. The Hall–Kier alpha value is -2.60. The standard InChI is InChI=1S/C41H65NO4Si.C40H63NO4Si.CH3I/c1-10-31-35-22-26(2)18-20-41(35,6)34-19-21-40(5)32(16-17-33(40)36(34)37(31)46-47(7,8)9)27(3)23-28(4)38(43)42-30(25-45-39(42)44)24-29-14-12-11-13-15-29;1-9-30-34-23-26(2)19-21-40(34,5)33-20-22-39(4)31(16-17-32(39)36(33)37(30)45-46(6,7)8)27(3)15-18-35(42)41-29(25-44-38(41)43)24-28-13-11-10-12-14-28;1-2/h11-15,26-28,30-37H,10,16-25H2,1-9H3;10-14,26-27,29-34,36-37H,9,15-25H2,1-8H3;1H3/t26-,27-,28-,30-,31-,32-,33+,34+,35+,36+,37-,40-,41-;26-,27-,29-,30-,31-,32+,33+,34+,36+,37-,39-,40-;/m11./s1. The van der Waals surface area contributed by atoms with E-state index in [1.54, 1.807) is 0 Å². The summed E-state index contributed by atoms with van der Waals surface area (Å²) >= 11 is 2.15. The van der Waals surface area contributed by atoms with Crippen LogP contribution in [0.5, 0.6) is 0 Å². The molecule has 10 fully saturated rings. The van der Waals surface area contributed by atoms with Crippen LogP contribution < -0.4 is 0 Å². The van der Waals surface area contributed by atoms with Gasteiger partial charge in [0, 0.05) is 12.3 Å². The third-order valence-electron chi connectivity index (χ3n) is 28.8. The van der Waals surface area contributed by atoms with Crippen molar-refractivity contribution in [2.45, 2.75) is 275 Å². The molecular formula is C82H131IN2O8Si2. The Balaban J connectivity index is 0.000000202. The Morgan fingerprint density at radius 3 is 1.36 bits per heavy atom. The van der Waals surface area contributed by atoms with Crippen LogP contribution in [-0.4, -0.2) is 92.9 Å². The zero-order valence-electron chi connectivity index (χ0n) is 62.7. The van der Waals surface area contributed by atoms with Gasteiger partial charge in [0.2, 0.25) is 11.8 Å². The van der Waals surface area contributed by atoms with Crippen LogP contribution in [0, 0.1) is 122 Å². The van der Waals surface area contributed by atoms with E-state index in [1.807, 2.05) is 48.3 Å². The Bertz CT molecular complexity index is 2920. The van der Waals surface area contributed by atoms with Crippen molar-refractivity contribution in [2.24, 2.45) is 122 Å². The minimum atomic E-state index is -1.75. The maximum Gasteiger partial charge on any atom is 0.416 e. The molecule has 0 bridgehead atoms. The third kappa shape index (κ3) is 15.0. The number of carbonyl (C=O) groups is 4. The largest absolute Gasteiger partial charge is 0.447 e. The van der Waals surface area contributed by atoms with E-state index in [0.717, 1.165) is 59.5 Å². The number of carbonyl (C=O) groups excluding carboxylic acids is 4. The molecule has 95 heavy (non-hydrogen) atoms. The second kappa shape index (κ2) is 30.2. The predicted octanol–water partition coefficient (Wildman–Crippen LogP) is 20.8. The molecule has 0 N–H and O–H groups in total. The Morgan fingerprint density at radius 1 is 0.547 bits per heavy atom. The van der Waals surface area contributed by atoms with Gasteiger partial charge >= 0.3 is 12.2 Å². The van der Waals surface area contributed by atoms with Crippen LogP contribution in [0.15, 0.2) is 60.7 Å². The molecule has 8 aliphatic carbocycles. The SMILES string of the molecule is CC[C@H]1[C@@H](O[Si](C)(C)C)[C@@H]2[C@H](CC[C@]3(C)[C@@H]([C@H](C)CCC(=O)N4C(=O)OC[C@H]4Cc4ccccc4)CC[C@@H]23)[C@@]2(C)CC[C@@H](C)C[C@@H]12.CC[C@H]1[C@@H](O[Si](C)(C)C)[C@@H]2[C@H](CC[C@]3(C)[C@@H]([C@H](C)C[C@@H](C)C(=O)N4C(=O)OC[C@H]4Cc4ccccc4)CC[C@@H]23)[C@@]2(C)CC[C@@H](C)C[C@@H]12.CI. The smallest absolute Gasteiger partial charge is 0.416 e. The molecule has 0 spiro atoms. The molecule has 10 aliphatic rings. The van der Waals surface area contributed by atoms with Gasteiger partial charge in [0.15, 0.2) is 16.6 Å². The molecule has 2 aliphatic heterocycles. The number of imide groups is 2. The summed E-state index contributed by atoms with van der Waals surface area (Å²) in [6.07, 6.45) is 24.4. The van der Waals surface area contributed by atoms with Crippen LogP contribution in [0.2, 0.25) is 39.3 Å². The lowest BCUT2D eigenvalue weighted by Crippen LogP contribution is -2.63. The van der Waals surface area contributed by atoms with Gasteiger partial charge in [0.1, 0.15) is 13.2 Å². The number of cyclic esters (lactones) is 2. The maximum absolute atomic E-state index is 13.9. The summed E-state index contributed by atoms with van der Waals surface area (Å²) in [6.45, 7) is 42.4. The van der Waals surface area contributed by atoms with E-state index < -0.39 is 28.8 Å². The number of rotatable bonds is 18. The first-order chi connectivity index (χ1) is 44.9. The van der Waals surface area contributed by atoms with Crippen molar-refractivity contribution in [3.05, 3.63) is 71.8 Å². The highest BCUT2D eigenvalue weighted by Crippen LogP contribution is 2.73. The van der Waals surface area contributed by atoms with Crippen molar-refractivity contribution in [3.8, 4) is 0 Å². The van der Waals surface area contributed by atoms with E-state index in [4.69, 9.17) is 18.3 Å². The van der Waals surface area contributed by atoms with E-state index in [-0.39, 0.29) is 53.9 Å². The van der Waals surface area contributed by atoms with Crippen molar-refractivity contribution in [3.63, 3.8) is 0 Å². The average molecular weight is 1460 g/mol. The normalized spacial score (nSPS) is 40.6. The van der Waals surface area contributed by atoms with Gasteiger partial charge < -0.3 is 18.3 Å². The summed E-state index contributed by atoms with van der Waals surface area (Å²) in [5.74, 6) is 10.5. The molecule has 532 valence electrons. The molecular weight excluding hydrogens is 1320 g/mol. The first kappa shape index (κ1) is 75.1. The van der Waals surface area contributed by atoms with Gasteiger partial charge in [0.25, 0.3) is 0 Å². The van der Waals surface area contributed by atoms with Gasteiger partial charge in [-0.25, -0.2) is 19.4 Å². The molecule has 4 amide bonds. The maximum atomic E-state index is 13.9. The summed E-state index contributed by atoms with van der Waals surface area (Å²) in [6, 6.07) is 19.8. The van der Waals surface area contributed by atoms with Crippen LogP contribution in [-0.2, 0) is 40.8 Å². The van der Waals surface area contributed by atoms with Gasteiger partial charge in [-0.05, 0) is 274 Å². The van der Waals surface area contributed by atoms with Gasteiger partial charge in [0.05, 0.1) is 24.3 Å². The Labute approximate surface area is 593 Å². The molecule has 10 nitrogen and oxygen atoms in total. The summed E-state index contributed by atoms with van der Waals surface area (Å²) in [4.78, 5) is 57.9. The molecule has 0 unspecified atom stereocenters. The van der Waals surface area contributed by atoms with E-state index in [2.05, 4.69) is 155 Å². The lowest BCUT2D eigenvalue weighted by molar-refractivity contribution is -0.193. The number of nitrogens with zero attached hydrogens (tertiary/aromatic N) is 2. The quantitative estimate of drug-likeness (QED) is 0.0824. The summed E-state index contributed by atoms with van der Waals surface area (Å²) in [5.41, 5.74) is 3.69. The van der Waals surface area contributed by atoms with Crippen molar-refractivity contribution in [1.29, 1.82) is 0 Å². The van der Waals surface area contributed by atoms with Crippen molar-refractivity contribution in [1.82, 2.24) is 9.80 Å². The molecule has 0 radical (unpaired) electrons. The zero-order chi connectivity index (χ0) is 68.9. The number of fused-ring (bicyclic) bond motifs is 10. The highest BCUT2D eigenvalue weighted by molar-refractivity contribution is 14.1. The first-order valence-electron chi connectivity index (χ1n) is 38.7. The van der Waals surface area contributed by atoms with E-state index in [0.29, 0.717) is 101 Å². The van der Waals surface area contributed by atoms with E-state index in [1.165, 1.54) is 113 Å². The van der Waals surface area contributed by atoms with Gasteiger partial charge in [-0.15, -0.1) is 0 Å². The van der Waals surface area contributed by atoms with Crippen LogP contribution in [0.1, 0.15) is 209 Å². The summed E-state index contributed by atoms with van der Waals surface area (Å²) < 4.78 is 25.6. The summed E-state index contributed by atoms with van der Waals surface area (Å²) in [7, 11) is -3.49. The average Bonchev–Trinajstić information content (AvgIpc) is 1.70. The monoisotopic (exact) mass is 1450 g/mol. The van der Waals surface area contributed by atoms with Crippen LogP contribution in [0.3, 0.4) is 0 Å². The number of halogens is 1. The van der Waals surface area contributed by atoms with Crippen LogP contribution >= 0.6 is 22.6 Å². The second-order valence-electron chi connectivity index (χ2n) is 36.5. The third-order valence-corrected chi connectivity index (χ3v) is 30.8. The fraction of sp³-hybridized carbons (Fsp3) is 0.805. The predicted molar refractivity (Wildman–Crippen MR) is 400 cm³/mol. The highest BCUT2D eigenvalue weighted by atomic mass is 127. The number of benzene rings is 2. The molecule has 0 aromatic heterocycles. The number of ether oxygens (including phenoxy) is 2. The Morgan fingerprint density at radius 2 is 0.937 bits per heavy atom. The van der Waals surface area contributed by atoms with Gasteiger partial charge in [-0.3, -0.25) is 9.59 Å². The van der Waals surface area contributed by atoms with Crippen LogP contribution in [0.4, 0.5) is 9.59 Å². The molecule has 13 heteroatoms. The fourth-order valence-electron chi connectivity index (χ4n) is 24.7. The van der Waals surface area contributed by atoms with Crippen molar-refractivity contribution >= 4 is 63.2 Å². The van der Waals surface area contributed by atoms with Gasteiger partial charge in [-0.1, -0.05) is 185 Å². The van der Waals surface area contributed by atoms with Crippen molar-refractivity contribution in [2.75, 3.05) is 18.1 Å². The highest BCUT2D eigenvalue weighted by Gasteiger charge is 2.68. The minimum Gasteiger partial charge on any atom is -0.447 e. The lowest BCUT2D eigenvalue weighted by atomic mass is 9.41. The number of hydrogen-bond acceptors (Lipinski definition) is 8. The molecule has 2 saturated heterocycles. The zero-order valence-corrected chi connectivity index (χ0v) is 66.9. The number of hydrogen-bond donors (Lipinski definition) is 0. The molecule has 12 rings (SSSR count). The van der Waals surface area contributed by atoms with E-state index >= 15 is 0 Å². The molecule has 8 saturated carbocycles. The Kier molecular flexibility index (Phi) is 23.8. The molecule has 2 heterocycles. The summed E-state index contributed by atoms with van der Waals surface area (Å²) in [5, 5.41) is 0. The van der Waals surface area contributed by atoms with Crippen molar-refractivity contribution < 1.29 is 37.5 Å². The minimum absolute atomic E-state index is 0.0594. The van der Waals surface area contributed by atoms with Crippen LogP contribution in [0.25, 0.3) is 0 Å². The molecule has 2 aromatic carbocycles. The number of amides is 4. The van der Waals surface area contributed by atoms with Gasteiger partial charge in [-0.2, -0.15) is 0 Å². The fourth-order valence-corrected chi connectivity index (χ4v) is 27.0. The molecule has 25 atom stereocenters. The lowest BCUT2D eigenvalue weighted by Gasteiger charge is -2.66. The second-order valence-corrected chi connectivity index (χ2v) is 45.4. The number of alkyl halides is 1. The topological polar surface area (TPSA) is 112 Å². The molecule has 2 aromatic rings. The van der Waals surface area contributed by atoms with E-state index in [9.17, 15) is 19.2 Å².